The summed E-state index contributed by atoms with van der Waals surface area (Å²) in [6, 6.07) is 24.5. The molecular formula is C30H28ClN3O2S. The lowest BCUT2D eigenvalue weighted by Gasteiger charge is -2.18. The lowest BCUT2D eigenvalue weighted by Crippen LogP contribution is -2.30. The molecule has 0 bridgehead atoms. The Kier molecular flexibility index (Phi) is 8.70. The second kappa shape index (κ2) is 12.1. The van der Waals surface area contributed by atoms with Crippen molar-refractivity contribution >= 4 is 46.6 Å². The molecule has 1 atom stereocenters. The molecule has 0 saturated carbocycles. The van der Waals surface area contributed by atoms with Crippen molar-refractivity contribution in [3.05, 3.63) is 105 Å². The van der Waals surface area contributed by atoms with Gasteiger partial charge < -0.3 is 5.32 Å². The first-order chi connectivity index (χ1) is 17.9. The number of carbonyl (C=O) groups is 2. The third-order valence-electron chi connectivity index (χ3n) is 6.21. The van der Waals surface area contributed by atoms with Crippen LogP contribution in [-0.2, 0) is 22.4 Å². The van der Waals surface area contributed by atoms with Crippen LogP contribution in [0.5, 0.6) is 0 Å². The van der Waals surface area contributed by atoms with Crippen molar-refractivity contribution < 1.29 is 9.59 Å². The van der Waals surface area contributed by atoms with E-state index in [1.807, 2.05) is 67.6 Å². The van der Waals surface area contributed by atoms with E-state index in [-0.39, 0.29) is 11.5 Å². The van der Waals surface area contributed by atoms with Crippen LogP contribution in [0.15, 0.2) is 83.4 Å². The van der Waals surface area contributed by atoms with Crippen molar-refractivity contribution in [3.8, 4) is 6.07 Å². The topological polar surface area (TPSA) is 73.2 Å². The molecule has 3 aromatic carbocycles. The van der Waals surface area contributed by atoms with Gasteiger partial charge in [-0.2, -0.15) is 5.26 Å². The van der Waals surface area contributed by atoms with Gasteiger partial charge in [-0.25, -0.2) is 0 Å². The average Bonchev–Trinajstić information content (AvgIpc) is 3.21. The minimum Gasteiger partial charge on any atom is -0.321 e. The van der Waals surface area contributed by atoms with E-state index in [2.05, 4.69) is 18.3 Å². The number of amides is 2. The number of nitrogens with one attached hydrogen (secondary N) is 1. The summed E-state index contributed by atoms with van der Waals surface area (Å²) in [6.45, 7) is 4.08. The van der Waals surface area contributed by atoms with Crippen LogP contribution >= 0.6 is 23.4 Å². The number of benzene rings is 3. The van der Waals surface area contributed by atoms with E-state index in [4.69, 9.17) is 11.6 Å². The highest BCUT2D eigenvalue weighted by Gasteiger charge is 2.40. The smallest absolute Gasteiger partial charge is 0.269 e. The highest BCUT2D eigenvalue weighted by atomic mass is 35.5. The maximum Gasteiger partial charge on any atom is 0.269 e. The lowest BCUT2D eigenvalue weighted by molar-refractivity contribution is -0.117. The molecule has 0 unspecified atom stereocenters. The van der Waals surface area contributed by atoms with Gasteiger partial charge in [0.05, 0.1) is 5.25 Å². The number of nitriles is 1. The van der Waals surface area contributed by atoms with Gasteiger partial charge >= 0.3 is 0 Å². The van der Waals surface area contributed by atoms with Crippen LogP contribution in [0, 0.1) is 18.3 Å². The maximum absolute atomic E-state index is 13.6. The number of halogens is 1. The molecular weight excluding hydrogens is 502 g/mol. The summed E-state index contributed by atoms with van der Waals surface area (Å²) in [5, 5.41) is 13.3. The second-order valence-electron chi connectivity index (χ2n) is 8.95. The molecule has 2 amide bonds. The molecule has 1 heterocycles. The summed E-state index contributed by atoms with van der Waals surface area (Å²) in [5.41, 5.74) is 4.20. The quantitative estimate of drug-likeness (QED) is 0.250. The number of aryl methyl sites for hydroxylation is 2. The number of carbonyl (C=O) groups excluding carboxylic acids is 2. The predicted octanol–water partition coefficient (Wildman–Crippen LogP) is 7.06. The molecule has 1 aliphatic heterocycles. The molecule has 1 aliphatic rings. The van der Waals surface area contributed by atoms with Crippen molar-refractivity contribution in [2.45, 2.75) is 44.8 Å². The van der Waals surface area contributed by atoms with Gasteiger partial charge in [-0.05, 0) is 73.2 Å². The monoisotopic (exact) mass is 529 g/mol. The van der Waals surface area contributed by atoms with Crippen LogP contribution in [0.3, 0.4) is 0 Å². The third-order valence-corrected chi connectivity index (χ3v) is 7.88. The minimum absolute atomic E-state index is 0.0956. The van der Waals surface area contributed by atoms with E-state index in [0.29, 0.717) is 27.8 Å². The number of thioether (sulfide) groups is 1. The number of anilines is 2. The van der Waals surface area contributed by atoms with Crippen LogP contribution < -0.4 is 10.2 Å². The molecule has 188 valence electrons. The van der Waals surface area contributed by atoms with E-state index in [1.165, 1.54) is 22.2 Å². The largest absolute Gasteiger partial charge is 0.321 e. The van der Waals surface area contributed by atoms with Crippen molar-refractivity contribution in [1.82, 2.24) is 0 Å². The maximum atomic E-state index is 13.6. The van der Waals surface area contributed by atoms with Crippen molar-refractivity contribution in [3.63, 3.8) is 0 Å². The third kappa shape index (κ3) is 6.25. The van der Waals surface area contributed by atoms with E-state index in [1.54, 1.807) is 12.1 Å². The molecule has 37 heavy (non-hydrogen) atoms. The van der Waals surface area contributed by atoms with Crippen LogP contribution in [0.1, 0.15) is 36.5 Å². The molecule has 3 aromatic rings. The average molecular weight is 530 g/mol. The molecule has 5 nitrogen and oxygen atoms in total. The fraction of sp³-hybridized carbons (Fsp3) is 0.233. The van der Waals surface area contributed by atoms with Crippen LogP contribution in [0.2, 0.25) is 5.02 Å². The number of unbranched alkanes of at least 4 members (excludes halogenated alkanes) is 1. The Morgan fingerprint density at radius 1 is 1.08 bits per heavy atom. The summed E-state index contributed by atoms with van der Waals surface area (Å²) in [4.78, 5) is 28.3. The van der Waals surface area contributed by atoms with E-state index in [0.717, 1.165) is 30.4 Å². The number of hydrogen-bond acceptors (Lipinski definition) is 4. The minimum atomic E-state index is -0.543. The first kappa shape index (κ1) is 26.5. The number of rotatable bonds is 8. The molecule has 7 heteroatoms. The van der Waals surface area contributed by atoms with E-state index < -0.39 is 11.2 Å². The molecule has 1 saturated heterocycles. The van der Waals surface area contributed by atoms with Crippen molar-refractivity contribution in [1.29, 1.82) is 5.26 Å². The van der Waals surface area contributed by atoms with Crippen molar-refractivity contribution in [2.75, 3.05) is 10.2 Å². The van der Waals surface area contributed by atoms with Crippen molar-refractivity contribution in [2.24, 2.45) is 0 Å². The van der Waals surface area contributed by atoms with Crippen LogP contribution in [0.4, 0.5) is 11.4 Å². The first-order valence-electron chi connectivity index (χ1n) is 12.3. The van der Waals surface area contributed by atoms with Crippen LogP contribution in [-0.4, -0.2) is 17.1 Å². The molecule has 0 spiro atoms. The van der Waals surface area contributed by atoms with Gasteiger partial charge in [0.2, 0.25) is 5.91 Å². The highest BCUT2D eigenvalue weighted by molar-refractivity contribution is 8.05. The molecule has 4 rings (SSSR count). The van der Waals surface area contributed by atoms with E-state index >= 15 is 0 Å². The summed E-state index contributed by atoms with van der Waals surface area (Å²) in [6.07, 6.45) is 3.63. The summed E-state index contributed by atoms with van der Waals surface area (Å²) < 4.78 is 0. The zero-order valence-corrected chi connectivity index (χ0v) is 22.4. The number of hydrogen-bond donors (Lipinski definition) is 1. The van der Waals surface area contributed by atoms with Gasteiger partial charge in [-0.15, -0.1) is 0 Å². The fourth-order valence-corrected chi connectivity index (χ4v) is 5.62. The SMILES string of the molecule is CCCCc1ccc(NC(=O)/C(C#N)=C2/S[C@H](Cc3ccc(C)c(Cl)c3)C(=O)N2c2ccccc2)cc1. The van der Waals surface area contributed by atoms with Gasteiger partial charge in [0.15, 0.2) is 0 Å². The highest BCUT2D eigenvalue weighted by Crippen LogP contribution is 2.42. The molecule has 0 aromatic heterocycles. The lowest BCUT2D eigenvalue weighted by atomic mass is 10.1. The predicted molar refractivity (Wildman–Crippen MR) is 152 cm³/mol. The molecule has 1 N–H and O–H groups in total. The van der Waals surface area contributed by atoms with E-state index in [9.17, 15) is 14.9 Å². The fourth-order valence-electron chi connectivity index (χ4n) is 4.11. The number of nitrogens with zero attached hydrogens (tertiary/aromatic N) is 2. The standard InChI is InChI=1S/C30H28ClN3O2S/c1-3-4-8-21-13-15-23(16-14-21)33-28(35)25(19-32)30-34(24-9-6-5-7-10-24)29(36)27(37-30)18-22-12-11-20(2)26(31)17-22/h5-7,9-17,27H,3-4,8,18H2,1-2H3,(H,33,35)/b30-25+/t27-/m1/s1. The Morgan fingerprint density at radius 3 is 2.43 bits per heavy atom. The van der Waals surface area contributed by atoms with Crippen LogP contribution in [0.25, 0.3) is 0 Å². The normalized spacial score (nSPS) is 16.4. The van der Waals surface area contributed by atoms with Gasteiger partial charge in [-0.1, -0.05) is 79.2 Å². The Hall–Kier alpha value is -3.53. The summed E-state index contributed by atoms with van der Waals surface area (Å²) in [7, 11) is 0. The second-order valence-corrected chi connectivity index (χ2v) is 10.5. The number of para-hydroxylation sites is 1. The Bertz CT molecular complexity index is 1360. The zero-order chi connectivity index (χ0) is 26.4. The van der Waals surface area contributed by atoms with Gasteiger partial charge in [0, 0.05) is 16.4 Å². The summed E-state index contributed by atoms with van der Waals surface area (Å²) >= 11 is 7.55. The van der Waals surface area contributed by atoms with Gasteiger partial charge in [-0.3, -0.25) is 14.5 Å². The zero-order valence-electron chi connectivity index (χ0n) is 20.8. The van der Waals surface area contributed by atoms with Gasteiger partial charge in [0.1, 0.15) is 16.7 Å². The van der Waals surface area contributed by atoms with Gasteiger partial charge in [0.25, 0.3) is 5.91 Å². The molecule has 0 aliphatic carbocycles. The molecule has 0 radical (unpaired) electrons. The first-order valence-corrected chi connectivity index (χ1v) is 13.5. The Labute approximate surface area is 227 Å². The Balaban J connectivity index is 1.64. The Morgan fingerprint density at radius 2 is 1.78 bits per heavy atom. The molecule has 1 fully saturated rings. The summed E-state index contributed by atoms with van der Waals surface area (Å²) in [5.74, 6) is -0.720.